The van der Waals surface area contributed by atoms with Crippen molar-refractivity contribution in [3.8, 4) is 5.75 Å². The summed E-state index contributed by atoms with van der Waals surface area (Å²) in [4.78, 5) is 16.1. The molecule has 17 heavy (non-hydrogen) atoms. The molecule has 0 aromatic carbocycles. The molecule has 0 aliphatic carbocycles. The molecule has 0 bridgehead atoms. The van der Waals surface area contributed by atoms with E-state index in [-0.39, 0.29) is 23.8 Å². The minimum atomic E-state index is -0.279. The molecule has 0 unspecified atom stereocenters. The van der Waals surface area contributed by atoms with Gasteiger partial charge in [-0.3, -0.25) is 4.79 Å². The molecule has 3 rings (SSSR count). The Morgan fingerprint density at radius 1 is 1.35 bits per heavy atom. The zero-order valence-electron chi connectivity index (χ0n) is 9.44. The molecule has 0 amide bonds. The lowest BCUT2D eigenvalue weighted by atomic mass is 9.84. The van der Waals surface area contributed by atoms with E-state index in [1.54, 1.807) is 6.20 Å². The first-order chi connectivity index (χ1) is 7.79. The normalized spacial score (nSPS) is 21.3. The van der Waals surface area contributed by atoms with Gasteiger partial charge < -0.3 is 10.1 Å². The predicted octanol–water partition coefficient (Wildman–Crippen LogP) is 1.59. The summed E-state index contributed by atoms with van der Waals surface area (Å²) in [5.41, 5.74) is 0.213. The highest BCUT2D eigenvalue weighted by atomic mass is 35.5. The van der Waals surface area contributed by atoms with Crippen LogP contribution in [0.15, 0.2) is 18.3 Å². The monoisotopic (exact) mass is 254 g/mol. The molecule has 3 heterocycles. The van der Waals surface area contributed by atoms with Gasteiger partial charge in [0, 0.05) is 19.0 Å². The van der Waals surface area contributed by atoms with Gasteiger partial charge in [0.1, 0.15) is 17.0 Å². The molecule has 0 saturated carbocycles. The molecule has 1 saturated heterocycles. The second-order valence-electron chi connectivity index (χ2n) is 4.49. The highest BCUT2D eigenvalue weighted by molar-refractivity contribution is 5.98. The maximum Gasteiger partial charge on any atom is 0.188 e. The van der Waals surface area contributed by atoms with Crippen LogP contribution in [0.5, 0.6) is 5.75 Å². The van der Waals surface area contributed by atoms with Crippen molar-refractivity contribution in [2.24, 2.45) is 0 Å². The largest absolute Gasteiger partial charge is 0.484 e. The van der Waals surface area contributed by atoms with Crippen molar-refractivity contribution in [1.82, 2.24) is 10.3 Å². The smallest absolute Gasteiger partial charge is 0.188 e. The van der Waals surface area contributed by atoms with E-state index in [4.69, 9.17) is 4.74 Å². The van der Waals surface area contributed by atoms with E-state index in [1.807, 2.05) is 12.1 Å². The zero-order valence-corrected chi connectivity index (χ0v) is 10.3. The fourth-order valence-corrected chi connectivity index (χ4v) is 2.49. The van der Waals surface area contributed by atoms with Crippen molar-refractivity contribution in [3.05, 3.63) is 24.0 Å². The number of pyridine rings is 1. The topological polar surface area (TPSA) is 51.2 Å². The van der Waals surface area contributed by atoms with Gasteiger partial charge in [0.05, 0.1) is 6.42 Å². The molecular weight excluding hydrogens is 240 g/mol. The molecule has 2 aliphatic rings. The quantitative estimate of drug-likeness (QED) is 0.764. The Labute approximate surface area is 106 Å². The molecule has 1 aromatic rings. The third kappa shape index (κ3) is 2.15. The SMILES string of the molecule is Cl.O=C1CC2(CCNCC2)Oc2cccnc21. The maximum absolute atomic E-state index is 12.0. The van der Waals surface area contributed by atoms with E-state index >= 15 is 0 Å². The van der Waals surface area contributed by atoms with E-state index in [2.05, 4.69) is 10.3 Å². The Morgan fingerprint density at radius 3 is 2.88 bits per heavy atom. The van der Waals surface area contributed by atoms with Crippen molar-refractivity contribution in [3.63, 3.8) is 0 Å². The van der Waals surface area contributed by atoms with Crippen LogP contribution in [0.2, 0.25) is 0 Å². The van der Waals surface area contributed by atoms with Crippen molar-refractivity contribution in [2.45, 2.75) is 24.9 Å². The van der Waals surface area contributed by atoms with E-state index in [1.165, 1.54) is 0 Å². The average molecular weight is 255 g/mol. The van der Waals surface area contributed by atoms with Crippen LogP contribution in [0, 0.1) is 0 Å². The lowest BCUT2D eigenvalue weighted by molar-refractivity contribution is 0.0178. The number of Topliss-reactive ketones (excluding diaryl/α,β-unsaturated/α-hetero) is 1. The number of carbonyl (C=O) groups excluding carboxylic acids is 1. The van der Waals surface area contributed by atoms with Crippen LogP contribution >= 0.6 is 12.4 Å². The Bertz CT molecular complexity index is 430. The summed E-state index contributed by atoms with van der Waals surface area (Å²) in [5, 5.41) is 3.29. The van der Waals surface area contributed by atoms with Crippen LogP contribution in [0.1, 0.15) is 29.8 Å². The van der Waals surface area contributed by atoms with E-state index in [0.29, 0.717) is 17.9 Å². The van der Waals surface area contributed by atoms with Gasteiger partial charge in [-0.15, -0.1) is 12.4 Å². The van der Waals surface area contributed by atoms with Gasteiger partial charge in [0.15, 0.2) is 5.78 Å². The van der Waals surface area contributed by atoms with E-state index in [0.717, 1.165) is 25.9 Å². The van der Waals surface area contributed by atoms with Gasteiger partial charge >= 0.3 is 0 Å². The summed E-state index contributed by atoms with van der Waals surface area (Å²) in [6.07, 6.45) is 3.90. The number of fused-ring (bicyclic) bond motifs is 1. The number of hydrogen-bond acceptors (Lipinski definition) is 4. The van der Waals surface area contributed by atoms with Gasteiger partial charge in [0.25, 0.3) is 0 Å². The highest BCUT2D eigenvalue weighted by Gasteiger charge is 2.41. The Kier molecular flexibility index (Phi) is 3.35. The van der Waals surface area contributed by atoms with Crippen LogP contribution in [-0.2, 0) is 0 Å². The lowest BCUT2D eigenvalue weighted by Gasteiger charge is -2.40. The molecule has 1 fully saturated rings. The summed E-state index contributed by atoms with van der Waals surface area (Å²) in [6, 6.07) is 3.65. The molecular formula is C12H15ClN2O2. The molecule has 5 heteroatoms. The molecule has 1 spiro atoms. The highest BCUT2D eigenvalue weighted by Crippen LogP contribution is 2.36. The summed E-state index contributed by atoms with van der Waals surface area (Å²) < 4.78 is 6.01. The molecule has 4 nitrogen and oxygen atoms in total. The first kappa shape index (κ1) is 12.3. The first-order valence-electron chi connectivity index (χ1n) is 5.67. The van der Waals surface area contributed by atoms with Gasteiger partial charge in [-0.25, -0.2) is 4.98 Å². The van der Waals surface area contributed by atoms with Gasteiger partial charge in [-0.2, -0.15) is 0 Å². The lowest BCUT2D eigenvalue weighted by Crippen LogP contribution is -2.49. The first-order valence-corrected chi connectivity index (χ1v) is 5.67. The molecule has 0 atom stereocenters. The Morgan fingerprint density at radius 2 is 2.12 bits per heavy atom. The predicted molar refractivity (Wildman–Crippen MR) is 65.9 cm³/mol. The molecule has 1 N–H and O–H groups in total. The molecule has 0 radical (unpaired) electrons. The number of hydrogen-bond donors (Lipinski definition) is 1. The molecule has 92 valence electrons. The van der Waals surface area contributed by atoms with Crippen LogP contribution < -0.4 is 10.1 Å². The summed E-state index contributed by atoms with van der Waals surface area (Å²) in [7, 11) is 0. The van der Waals surface area contributed by atoms with Crippen molar-refractivity contribution in [1.29, 1.82) is 0 Å². The number of rotatable bonds is 0. The van der Waals surface area contributed by atoms with Crippen molar-refractivity contribution < 1.29 is 9.53 Å². The number of aromatic nitrogens is 1. The third-order valence-corrected chi connectivity index (χ3v) is 3.36. The second kappa shape index (κ2) is 4.63. The van der Waals surface area contributed by atoms with Crippen molar-refractivity contribution in [2.75, 3.05) is 13.1 Å². The summed E-state index contributed by atoms with van der Waals surface area (Å²) in [6.45, 7) is 1.84. The number of carbonyl (C=O) groups is 1. The third-order valence-electron chi connectivity index (χ3n) is 3.36. The zero-order chi connectivity index (χ0) is 11.0. The van der Waals surface area contributed by atoms with Crippen molar-refractivity contribution >= 4 is 18.2 Å². The van der Waals surface area contributed by atoms with E-state index < -0.39 is 0 Å². The number of ketones is 1. The number of nitrogens with one attached hydrogen (secondary N) is 1. The maximum atomic E-state index is 12.0. The Hall–Kier alpha value is -1.13. The van der Waals surface area contributed by atoms with Crippen LogP contribution in [-0.4, -0.2) is 29.5 Å². The summed E-state index contributed by atoms with van der Waals surface area (Å²) in [5.74, 6) is 0.768. The van der Waals surface area contributed by atoms with Gasteiger partial charge in [-0.05, 0) is 25.2 Å². The van der Waals surface area contributed by atoms with E-state index in [9.17, 15) is 4.79 Å². The number of piperidine rings is 1. The second-order valence-corrected chi connectivity index (χ2v) is 4.49. The van der Waals surface area contributed by atoms with Crippen LogP contribution in [0.25, 0.3) is 0 Å². The summed E-state index contributed by atoms with van der Waals surface area (Å²) >= 11 is 0. The van der Waals surface area contributed by atoms with Crippen LogP contribution in [0.4, 0.5) is 0 Å². The minimum Gasteiger partial charge on any atom is -0.484 e. The fraction of sp³-hybridized carbons (Fsp3) is 0.500. The van der Waals surface area contributed by atoms with Gasteiger partial charge in [0.2, 0.25) is 0 Å². The standard InChI is InChI=1S/C12H14N2O2.ClH/c15-9-8-12(3-6-13-7-4-12)16-10-2-1-5-14-11(9)10;/h1-2,5,13H,3-4,6-8H2;1H. The Balaban J connectivity index is 0.00000108. The number of nitrogens with zero attached hydrogens (tertiary/aromatic N) is 1. The minimum absolute atomic E-state index is 0. The molecule has 2 aliphatic heterocycles. The molecule has 1 aromatic heterocycles. The van der Waals surface area contributed by atoms with Gasteiger partial charge in [-0.1, -0.05) is 0 Å². The number of ether oxygens (including phenoxy) is 1. The fourth-order valence-electron chi connectivity index (χ4n) is 2.49. The average Bonchev–Trinajstić information content (AvgIpc) is 2.30. The van der Waals surface area contributed by atoms with Crippen LogP contribution in [0.3, 0.4) is 0 Å². The number of halogens is 1.